The quantitative estimate of drug-likeness (QED) is 0.816. The molecule has 1 aliphatic rings. The van der Waals surface area contributed by atoms with E-state index in [-0.39, 0.29) is 24.2 Å². The van der Waals surface area contributed by atoms with Crippen LogP contribution in [0.5, 0.6) is 11.5 Å². The summed E-state index contributed by atoms with van der Waals surface area (Å²) in [5.74, 6) is 1.84. The van der Waals surface area contributed by atoms with Gasteiger partial charge in [-0.05, 0) is 49.9 Å². The van der Waals surface area contributed by atoms with Gasteiger partial charge in [0.1, 0.15) is 17.1 Å². The molecule has 1 N–H and O–H groups in total. The molecule has 4 nitrogen and oxygen atoms in total. The fourth-order valence-electron chi connectivity index (χ4n) is 3.56. The Balaban J connectivity index is 1.70. The lowest BCUT2D eigenvalue weighted by atomic mass is 9.89. The highest BCUT2D eigenvalue weighted by atomic mass is 16.5. The summed E-state index contributed by atoms with van der Waals surface area (Å²) in [5, 5.41) is 3.13. The average Bonchev–Trinajstić information content (AvgIpc) is 2.58. The van der Waals surface area contributed by atoms with Crippen molar-refractivity contribution in [3.8, 4) is 11.5 Å². The second kappa shape index (κ2) is 7.63. The third-order valence-corrected chi connectivity index (χ3v) is 4.86. The lowest BCUT2D eigenvalue weighted by Gasteiger charge is -2.38. The molecule has 144 valence electrons. The van der Waals surface area contributed by atoms with Gasteiger partial charge < -0.3 is 14.8 Å². The minimum absolute atomic E-state index is 0.00269. The zero-order valence-electron chi connectivity index (χ0n) is 16.8. The van der Waals surface area contributed by atoms with E-state index in [9.17, 15) is 4.79 Å². The van der Waals surface area contributed by atoms with Gasteiger partial charge in [-0.2, -0.15) is 0 Å². The molecule has 0 spiro atoms. The summed E-state index contributed by atoms with van der Waals surface area (Å²) in [4.78, 5) is 12.6. The Morgan fingerprint density at radius 3 is 2.74 bits per heavy atom. The van der Waals surface area contributed by atoms with Crippen molar-refractivity contribution in [3.05, 3.63) is 59.2 Å². The van der Waals surface area contributed by atoms with Crippen LogP contribution in [-0.2, 0) is 4.79 Å². The number of para-hydroxylation sites is 1. The minimum Gasteiger partial charge on any atom is -0.487 e. The lowest BCUT2D eigenvalue weighted by Crippen LogP contribution is -2.42. The molecule has 1 aliphatic heterocycles. The summed E-state index contributed by atoms with van der Waals surface area (Å²) in [5.41, 5.74) is 2.95. The van der Waals surface area contributed by atoms with E-state index in [0.717, 1.165) is 34.6 Å². The molecule has 4 heteroatoms. The molecular weight excluding hydrogens is 338 g/mol. The zero-order valence-corrected chi connectivity index (χ0v) is 16.8. The standard InChI is InChI=1S/C23H29NO3/c1-15(2)17-8-6-7-9-20(17)26-14-22(25)24-19-13-23(4,5)27-21-12-16(3)10-11-18(19)21/h6-12,15,19H,13-14H2,1-5H3,(H,24,25)/t19-/m1/s1. The van der Waals surface area contributed by atoms with Crippen LogP contribution in [0.15, 0.2) is 42.5 Å². The molecule has 0 unspecified atom stereocenters. The van der Waals surface area contributed by atoms with Gasteiger partial charge in [0.2, 0.25) is 0 Å². The van der Waals surface area contributed by atoms with Gasteiger partial charge in [0.05, 0.1) is 6.04 Å². The molecule has 2 aromatic carbocycles. The van der Waals surface area contributed by atoms with Gasteiger partial charge in [-0.3, -0.25) is 4.79 Å². The van der Waals surface area contributed by atoms with Crippen LogP contribution in [0, 0.1) is 6.92 Å². The van der Waals surface area contributed by atoms with E-state index >= 15 is 0 Å². The topological polar surface area (TPSA) is 47.6 Å². The number of carbonyl (C=O) groups excluding carboxylic acids is 1. The van der Waals surface area contributed by atoms with E-state index in [1.54, 1.807) is 0 Å². The molecule has 0 radical (unpaired) electrons. The van der Waals surface area contributed by atoms with Gasteiger partial charge in [-0.25, -0.2) is 0 Å². The van der Waals surface area contributed by atoms with Crippen LogP contribution in [0.4, 0.5) is 0 Å². The molecule has 3 rings (SSSR count). The lowest BCUT2D eigenvalue weighted by molar-refractivity contribution is -0.124. The summed E-state index contributed by atoms with van der Waals surface area (Å²) >= 11 is 0. The van der Waals surface area contributed by atoms with Crippen LogP contribution >= 0.6 is 0 Å². The summed E-state index contributed by atoms with van der Waals surface area (Å²) < 4.78 is 11.9. The van der Waals surface area contributed by atoms with E-state index < -0.39 is 0 Å². The van der Waals surface area contributed by atoms with E-state index in [1.165, 1.54) is 0 Å². The van der Waals surface area contributed by atoms with Gasteiger partial charge in [0, 0.05) is 12.0 Å². The number of nitrogens with one attached hydrogen (secondary N) is 1. The van der Waals surface area contributed by atoms with Crippen molar-refractivity contribution in [1.29, 1.82) is 0 Å². The fourth-order valence-corrected chi connectivity index (χ4v) is 3.56. The van der Waals surface area contributed by atoms with Crippen molar-refractivity contribution < 1.29 is 14.3 Å². The first kappa shape index (κ1) is 19.3. The number of hydrogen-bond acceptors (Lipinski definition) is 3. The monoisotopic (exact) mass is 367 g/mol. The fraction of sp³-hybridized carbons (Fsp3) is 0.435. The Morgan fingerprint density at radius 2 is 2.00 bits per heavy atom. The number of carbonyl (C=O) groups is 1. The molecular formula is C23H29NO3. The second-order valence-corrected chi connectivity index (χ2v) is 8.21. The summed E-state index contributed by atoms with van der Waals surface area (Å²) in [6, 6.07) is 13.9. The average molecular weight is 367 g/mol. The van der Waals surface area contributed by atoms with Crippen molar-refractivity contribution in [2.45, 2.75) is 58.6 Å². The van der Waals surface area contributed by atoms with Crippen LogP contribution in [0.25, 0.3) is 0 Å². The third kappa shape index (κ3) is 4.62. The van der Waals surface area contributed by atoms with Crippen LogP contribution in [0.3, 0.4) is 0 Å². The van der Waals surface area contributed by atoms with Gasteiger partial charge >= 0.3 is 0 Å². The second-order valence-electron chi connectivity index (χ2n) is 8.21. The Kier molecular flexibility index (Phi) is 5.45. The van der Waals surface area contributed by atoms with Crippen molar-refractivity contribution in [2.24, 2.45) is 0 Å². The summed E-state index contributed by atoms with van der Waals surface area (Å²) in [6.07, 6.45) is 0.720. The highest BCUT2D eigenvalue weighted by Gasteiger charge is 2.34. The Hall–Kier alpha value is -2.49. The molecule has 1 amide bonds. The van der Waals surface area contributed by atoms with Crippen LogP contribution < -0.4 is 14.8 Å². The minimum atomic E-state index is -0.330. The maximum Gasteiger partial charge on any atom is 0.258 e. The van der Waals surface area contributed by atoms with Crippen LogP contribution in [-0.4, -0.2) is 18.1 Å². The SMILES string of the molecule is Cc1ccc2c(c1)OC(C)(C)C[C@H]2NC(=O)COc1ccccc1C(C)C. The molecule has 0 aromatic heterocycles. The van der Waals surface area contributed by atoms with Gasteiger partial charge in [-0.1, -0.05) is 44.2 Å². The number of ether oxygens (including phenoxy) is 2. The van der Waals surface area contributed by atoms with Gasteiger partial charge in [0.25, 0.3) is 5.91 Å². The van der Waals surface area contributed by atoms with Crippen molar-refractivity contribution in [2.75, 3.05) is 6.61 Å². The number of amides is 1. The summed E-state index contributed by atoms with van der Waals surface area (Å²) in [7, 11) is 0. The maximum absolute atomic E-state index is 12.6. The van der Waals surface area contributed by atoms with E-state index in [2.05, 4.69) is 25.2 Å². The van der Waals surface area contributed by atoms with E-state index in [4.69, 9.17) is 9.47 Å². The van der Waals surface area contributed by atoms with Crippen molar-refractivity contribution >= 4 is 5.91 Å². The van der Waals surface area contributed by atoms with Gasteiger partial charge in [-0.15, -0.1) is 0 Å². The number of rotatable bonds is 5. The number of benzene rings is 2. The van der Waals surface area contributed by atoms with Crippen LogP contribution in [0.1, 0.15) is 62.8 Å². The van der Waals surface area contributed by atoms with E-state index in [1.807, 2.05) is 57.2 Å². The number of hydrogen-bond donors (Lipinski definition) is 1. The van der Waals surface area contributed by atoms with E-state index in [0.29, 0.717) is 5.92 Å². The third-order valence-electron chi connectivity index (χ3n) is 4.86. The van der Waals surface area contributed by atoms with Crippen LogP contribution in [0.2, 0.25) is 0 Å². The molecule has 0 fully saturated rings. The normalized spacial score (nSPS) is 17.8. The molecule has 2 aromatic rings. The highest BCUT2D eigenvalue weighted by molar-refractivity contribution is 5.78. The first-order valence-corrected chi connectivity index (χ1v) is 9.56. The predicted molar refractivity (Wildman–Crippen MR) is 107 cm³/mol. The van der Waals surface area contributed by atoms with Crippen molar-refractivity contribution in [3.63, 3.8) is 0 Å². The highest BCUT2D eigenvalue weighted by Crippen LogP contribution is 2.39. The molecule has 0 saturated carbocycles. The largest absolute Gasteiger partial charge is 0.487 e. The number of fused-ring (bicyclic) bond motifs is 1. The first-order chi connectivity index (χ1) is 12.7. The first-order valence-electron chi connectivity index (χ1n) is 9.56. The molecule has 1 heterocycles. The van der Waals surface area contributed by atoms with Crippen molar-refractivity contribution in [1.82, 2.24) is 5.32 Å². The zero-order chi connectivity index (χ0) is 19.6. The molecule has 0 aliphatic carbocycles. The Labute approximate surface area is 161 Å². The maximum atomic E-state index is 12.6. The smallest absolute Gasteiger partial charge is 0.258 e. The molecule has 0 bridgehead atoms. The van der Waals surface area contributed by atoms with Gasteiger partial charge in [0.15, 0.2) is 6.61 Å². The Morgan fingerprint density at radius 1 is 1.26 bits per heavy atom. The molecule has 0 saturated heterocycles. The molecule has 1 atom stereocenters. The summed E-state index contributed by atoms with van der Waals surface area (Å²) in [6.45, 7) is 10.4. The predicted octanol–water partition coefficient (Wildman–Crippen LogP) is 4.92. The molecule has 27 heavy (non-hydrogen) atoms. The Bertz CT molecular complexity index is 826. The number of aryl methyl sites for hydroxylation is 1.